The summed E-state index contributed by atoms with van der Waals surface area (Å²) in [5, 5.41) is 12.2. The number of carboxylic acid groups (broad SMARTS) is 1. The maximum absolute atomic E-state index is 11.6. The molecule has 1 heterocycles. The predicted molar refractivity (Wildman–Crippen MR) is 76.9 cm³/mol. The number of hydrogen-bond acceptors (Lipinski definition) is 4. The molecule has 0 saturated carbocycles. The fourth-order valence-corrected chi connectivity index (χ4v) is 3.16. The Kier molecular flexibility index (Phi) is 6.21. The third-order valence-electron chi connectivity index (χ3n) is 2.25. The monoisotopic (exact) mass is 287 g/mol. The molecule has 1 aromatic rings. The number of unbranched alkanes of at least 4 members (excludes halogenated alkanes) is 1. The minimum absolute atomic E-state index is 0.0747. The van der Waals surface area contributed by atoms with Gasteiger partial charge in [-0.2, -0.15) is 11.8 Å². The molecular weight excluding hydrogens is 270 g/mol. The van der Waals surface area contributed by atoms with Crippen LogP contribution in [0.4, 0.5) is 5.00 Å². The summed E-state index contributed by atoms with van der Waals surface area (Å²) >= 11 is 2.70. The zero-order valence-electron chi connectivity index (χ0n) is 10.5. The van der Waals surface area contributed by atoms with Crippen molar-refractivity contribution in [2.45, 2.75) is 26.7 Å². The van der Waals surface area contributed by atoms with E-state index >= 15 is 0 Å². The van der Waals surface area contributed by atoms with Crippen molar-refractivity contribution >= 4 is 40.0 Å². The number of carboxylic acids is 1. The van der Waals surface area contributed by atoms with Gasteiger partial charge in [-0.25, -0.2) is 4.79 Å². The number of carbonyl (C=O) groups is 2. The molecular formula is C12H17NO3S2. The standard InChI is InChI=1S/C12H17NO3S2/c1-3-4-5-17-7-9(14)13-10-6-8(2)11(18-10)12(15)16/h6H,3-5,7H2,1-2H3,(H,13,14)(H,15,16). The lowest BCUT2D eigenvalue weighted by molar-refractivity contribution is -0.113. The smallest absolute Gasteiger partial charge is 0.346 e. The average Bonchev–Trinajstić information content (AvgIpc) is 2.66. The van der Waals surface area contributed by atoms with Gasteiger partial charge in [-0.3, -0.25) is 4.79 Å². The Morgan fingerprint density at radius 1 is 1.50 bits per heavy atom. The van der Waals surface area contributed by atoms with Crippen LogP contribution in [0.2, 0.25) is 0 Å². The van der Waals surface area contributed by atoms with E-state index in [9.17, 15) is 9.59 Å². The second-order valence-electron chi connectivity index (χ2n) is 3.88. The largest absolute Gasteiger partial charge is 0.477 e. The van der Waals surface area contributed by atoms with Gasteiger partial charge < -0.3 is 10.4 Å². The Morgan fingerprint density at radius 3 is 2.78 bits per heavy atom. The van der Waals surface area contributed by atoms with Gasteiger partial charge in [0.05, 0.1) is 10.8 Å². The predicted octanol–water partition coefficient (Wildman–Crippen LogP) is 3.23. The van der Waals surface area contributed by atoms with Crippen molar-refractivity contribution in [3.05, 3.63) is 16.5 Å². The first-order valence-corrected chi connectivity index (χ1v) is 7.73. The van der Waals surface area contributed by atoms with Crippen LogP contribution in [-0.2, 0) is 4.79 Å². The Morgan fingerprint density at radius 2 is 2.22 bits per heavy atom. The highest BCUT2D eigenvalue weighted by Gasteiger charge is 2.13. The molecule has 0 bridgehead atoms. The quantitative estimate of drug-likeness (QED) is 0.756. The fraction of sp³-hybridized carbons (Fsp3) is 0.500. The molecule has 0 aromatic carbocycles. The lowest BCUT2D eigenvalue weighted by Gasteiger charge is -2.01. The third-order valence-corrected chi connectivity index (χ3v) is 4.43. The van der Waals surface area contributed by atoms with E-state index in [1.165, 1.54) is 0 Å². The lowest BCUT2D eigenvalue weighted by Crippen LogP contribution is -2.13. The topological polar surface area (TPSA) is 66.4 Å². The number of rotatable bonds is 7. The van der Waals surface area contributed by atoms with Gasteiger partial charge in [0.1, 0.15) is 4.88 Å². The van der Waals surface area contributed by atoms with Crippen molar-refractivity contribution in [1.29, 1.82) is 0 Å². The molecule has 6 heteroatoms. The molecule has 0 saturated heterocycles. The summed E-state index contributed by atoms with van der Waals surface area (Å²) in [6, 6.07) is 1.70. The molecule has 0 fully saturated rings. The number of nitrogens with one attached hydrogen (secondary N) is 1. The summed E-state index contributed by atoms with van der Waals surface area (Å²) in [7, 11) is 0. The molecule has 0 radical (unpaired) electrons. The highest BCUT2D eigenvalue weighted by atomic mass is 32.2. The van der Waals surface area contributed by atoms with Crippen LogP contribution in [-0.4, -0.2) is 28.5 Å². The maximum atomic E-state index is 11.6. The van der Waals surface area contributed by atoms with Crippen LogP contribution in [0.15, 0.2) is 6.07 Å². The fourth-order valence-electron chi connectivity index (χ4n) is 1.34. The van der Waals surface area contributed by atoms with Crippen LogP contribution in [0.3, 0.4) is 0 Å². The normalized spacial score (nSPS) is 10.3. The lowest BCUT2D eigenvalue weighted by atomic mass is 10.3. The van der Waals surface area contributed by atoms with Crippen LogP contribution in [0.25, 0.3) is 0 Å². The van der Waals surface area contributed by atoms with Crippen LogP contribution in [0.5, 0.6) is 0 Å². The first-order valence-electron chi connectivity index (χ1n) is 5.76. The van der Waals surface area contributed by atoms with E-state index in [2.05, 4.69) is 12.2 Å². The first kappa shape index (κ1) is 15.0. The highest BCUT2D eigenvalue weighted by molar-refractivity contribution is 7.99. The molecule has 2 N–H and O–H groups in total. The van der Waals surface area contributed by atoms with E-state index in [4.69, 9.17) is 5.11 Å². The SMILES string of the molecule is CCCCSCC(=O)Nc1cc(C)c(C(=O)O)s1. The zero-order valence-corrected chi connectivity index (χ0v) is 12.1. The minimum atomic E-state index is -0.949. The summed E-state index contributed by atoms with van der Waals surface area (Å²) in [6.45, 7) is 3.84. The van der Waals surface area contributed by atoms with Crippen LogP contribution >= 0.6 is 23.1 Å². The first-order chi connectivity index (χ1) is 8.54. The number of hydrogen-bond donors (Lipinski definition) is 2. The molecule has 1 aromatic heterocycles. The minimum Gasteiger partial charge on any atom is -0.477 e. The van der Waals surface area contributed by atoms with Crippen LogP contribution < -0.4 is 5.32 Å². The number of thioether (sulfide) groups is 1. The van der Waals surface area contributed by atoms with Crippen molar-refractivity contribution < 1.29 is 14.7 Å². The maximum Gasteiger partial charge on any atom is 0.346 e. The van der Waals surface area contributed by atoms with Gasteiger partial charge in [-0.05, 0) is 30.7 Å². The van der Waals surface area contributed by atoms with Crippen molar-refractivity contribution in [2.75, 3.05) is 16.8 Å². The van der Waals surface area contributed by atoms with E-state index in [1.54, 1.807) is 24.8 Å². The molecule has 1 rings (SSSR count). The Balaban J connectivity index is 2.44. The molecule has 0 atom stereocenters. The highest BCUT2D eigenvalue weighted by Crippen LogP contribution is 2.26. The zero-order chi connectivity index (χ0) is 13.5. The molecule has 0 aliphatic rings. The molecule has 18 heavy (non-hydrogen) atoms. The van der Waals surface area contributed by atoms with Gasteiger partial charge in [0.15, 0.2) is 0 Å². The number of carbonyl (C=O) groups excluding carboxylic acids is 1. The molecule has 4 nitrogen and oxygen atoms in total. The molecule has 0 spiro atoms. The number of anilines is 1. The van der Waals surface area contributed by atoms with Gasteiger partial charge in [-0.1, -0.05) is 13.3 Å². The molecule has 0 aliphatic carbocycles. The summed E-state index contributed by atoms with van der Waals surface area (Å²) < 4.78 is 0. The molecule has 1 amide bonds. The van der Waals surface area contributed by atoms with Gasteiger partial charge in [0, 0.05) is 0 Å². The van der Waals surface area contributed by atoms with E-state index in [-0.39, 0.29) is 10.8 Å². The van der Waals surface area contributed by atoms with Crippen molar-refractivity contribution in [3.63, 3.8) is 0 Å². The Labute approximate surface area is 115 Å². The van der Waals surface area contributed by atoms with Crippen LogP contribution in [0, 0.1) is 6.92 Å². The van der Waals surface area contributed by atoms with Crippen molar-refractivity contribution in [1.82, 2.24) is 0 Å². The van der Waals surface area contributed by atoms with Gasteiger partial charge in [0.2, 0.25) is 5.91 Å². The number of aromatic carboxylic acids is 1. The van der Waals surface area contributed by atoms with E-state index in [0.29, 0.717) is 16.3 Å². The number of thiophene rings is 1. The number of amides is 1. The Hall–Kier alpha value is -1.01. The summed E-state index contributed by atoms with van der Waals surface area (Å²) in [5.74, 6) is 0.372. The summed E-state index contributed by atoms with van der Waals surface area (Å²) in [5.41, 5.74) is 0.682. The van der Waals surface area contributed by atoms with Crippen molar-refractivity contribution in [3.8, 4) is 0 Å². The number of aryl methyl sites for hydroxylation is 1. The Bertz CT molecular complexity index is 429. The second kappa shape index (κ2) is 7.43. The third kappa shape index (κ3) is 4.70. The van der Waals surface area contributed by atoms with Gasteiger partial charge in [-0.15, -0.1) is 11.3 Å². The summed E-state index contributed by atoms with van der Waals surface area (Å²) in [6.07, 6.45) is 2.24. The summed E-state index contributed by atoms with van der Waals surface area (Å²) in [4.78, 5) is 22.7. The van der Waals surface area contributed by atoms with Gasteiger partial charge in [0.25, 0.3) is 0 Å². The van der Waals surface area contributed by atoms with Crippen molar-refractivity contribution in [2.24, 2.45) is 0 Å². The van der Waals surface area contributed by atoms with E-state index < -0.39 is 5.97 Å². The van der Waals surface area contributed by atoms with E-state index in [0.717, 1.165) is 29.9 Å². The van der Waals surface area contributed by atoms with Crippen LogP contribution in [0.1, 0.15) is 35.0 Å². The second-order valence-corrected chi connectivity index (χ2v) is 6.04. The van der Waals surface area contributed by atoms with E-state index in [1.807, 2.05) is 0 Å². The molecule has 0 unspecified atom stereocenters. The van der Waals surface area contributed by atoms with Gasteiger partial charge >= 0.3 is 5.97 Å². The average molecular weight is 287 g/mol. The molecule has 100 valence electrons. The molecule has 0 aliphatic heterocycles.